The second-order valence-corrected chi connectivity index (χ2v) is 5.08. The zero-order valence-electron chi connectivity index (χ0n) is 11.0. The van der Waals surface area contributed by atoms with Crippen LogP contribution in [0.2, 0.25) is 5.15 Å². The van der Waals surface area contributed by atoms with Gasteiger partial charge in [-0.2, -0.15) is 10.2 Å². The summed E-state index contributed by atoms with van der Waals surface area (Å²) in [6, 6.07) is 1.91. The molecule has 0 aliphatic heterocycles. The maximum absolute atomic E-state index is 6.29. The molecule has 0 aliphatic carbocycles. The largest absolute Gasteiger partial charge is 0.260 e. The highest BCUT2D eigenvalue weighted by molar-refractivity contribution is 6.35. The Morgan fingerprint density at radius 3 is 3.05 bits per heavy atom. The fourth-order valence-corrected chi connectivity index (χ4v) is 2.78. The van der Waals surface area contributed by atoms with Gasteiger partial charge in [-0.05, 0) is 13.3 Å². The molecule has 4 aromatic rings. The van der Waals surface area contributed by atoms with Crippen molar-refractivity contribution in [2.24, 2.45) is 0 Å². The molecular weight excluding hydrogens is 276 g/mol. The Hall–Kier alpha value is -2.21. The summed E-state index contributed by atoms with van der Waals surface area (Å²) in [4.78, 5) is 8.74. The second kappa shape index (κ2) is 3.89. The number of aromatic amines is 1. The van der Waals surface area contributed by atoms with Crippen LogP contribution < -0.4 is 0 Å². The van der Waals surface area contributed by atoms with E-state index in [1.54, 1.807) is 6.20 Å². The topological polar surface area (TPSA) is 71.8 Å². The highest BCUT2D eigenvalue weighted by Gasteiger charge is 2.16. The number of rotatable bonds is 1. The SMILES string of the molecule is CCc1n[nH]c2ncc3c(Cl)nc4cc(C)nn4c3c12. The monoisotopic (exact) mass is 286 g/mol. The van der Waals surface area contributed by atoms with Gasteiger partial charge in [-0.3, -0.25) is 5.10 Å². The molecule has 0 saturated carbocycles. The zero-order chi connectivity index (χ0) is 13.9. The number of aryl methyl sites for hydroxylation is 2. The van der Waals surface area contributed by atoms with Gasteiger partial charge in [0.1, 0.15) is 5.15 Å². The third-order valence-electron chi connectivity index (χ3n) is 3.43. The minimum Gasteiger partial charge on any atom is -0.260 e. The summed E-state index contributed by atoms with van der Waals surface area (Å²) in [5, 5.41) is 14.0. The van der Waals surface area contributed by atoms with Crippen molar-refractivity contribution in [3.63, 3.8) is 0 Å². The summed E-state index contributed by atoms with van der Waals surface area (Å²) in [6.07, 6.45) is 2.52. The Morgan fingerprint density at radius 1 is 1.40 bits per heavy atom. The lowest BCUT2D eigenvalue weighted by molar-refractivity contribution is 0.956. The number of aromatic nitrogens is 6. The molecule has 6 nitrogen and oxygen atoms in total. The van der Waals surface area contributed by atoms with Crippen molar-refractivity contribution in [3.8, 4) is 0 Å². The van der Waals surface area contributed by atoms with E-state index in [4.69, 9.17) is 11.6 Å². The van der Waals surface area contributed by atoms with Crippen LogP contribution in [0.1, 0.15) is 18.3 Å². The summed E-state index contributed by atoms with van der Waals surface area (Å²) in [5.74, 6) is 0. The number of fused-ring (bicyclic) bond motifs is 5. The van der Waals surface area contributed by atoms with E-state index < -0.39 is 0 Å². The van der Waals surface area contributed by atoms with Crippen molar-refractivity contribution < 1.29 is 0 Å². The molecule has 4 heterocycles. The lowest BCUT2D eigenvalue weighted by atomic mass is 10.2. The number of H-pyrrole nitrogens is 1. The lowest BCUT2D eigenvalue weighted by Crippen LogP contribution is -1.97. The fraction of sp³-hybridized carbons (Fsp3) is 0.231. The summed E-state index contributed by atoms with van der Waals surface area (Å²) >= 11 is 6.29. The average molecular weight is 287 g/mol. The number of nitrogens with zero attached hydrogens (tertiary/aromatic N) is 5. The van der Waals surface area contributed by atoms with Gasteiger partial charge < -0.3 is 0 Å². The molecule has 1 N–H and O–H groups in total. The molecule has 0 spiro atoms. The Labute approximate surface area is 118 Å². The van der Waals surface area contributed by atoms with Crippen LogP contribution in [0.4, 0.5) is 0 Å². The molecule has 0 radical (unpaired) electrons. The highest BCUT2D eigenvalue weighted by Crippen LogP contribution is 2.29. The molecule has 100 valence electrons. The summed E-state index contributed by atoms with van der Waals surface area (Å²) in [5.41, 5.74) is 4.23. The lowest BCUT2D eigenvalue weighted by Gasteiger charge is -2.05. The maximum atomic E-state index is 6.29. The molecule has 0 bridgehead atoms. The minimum atomic E-state index is 0.435. The van der Waals surface area contributed by atoms with Crippen LogP contribution >= 0.6 is 11.6 Å². The van der Waals surface area contributed by atoms with Gasteiger partial charge >= 0.3 is 0 Å². The van der Waals surface area contributed by atoms with Gasteiger partial charge in [0.2, 0.25) is 0 Å². The van der Waals surface area contributed by atoms with Gasteiger partial charge in [-0.1, -0.05) is 18.5 Å². The van der Waals surface area contributed by atoms with Crippen molar-refractivity contribution in [2.75, 3.05) is 0 Å². The summed E-state index contributed by atoms with van der Waals surface area (Å²) in [6.45, 7) is 3.99. The van der Waals surface area contributed by atoms with Gasteiger partial charge in [-0.25, -0.2) is 14.5 Å². The fourth-order valence-electron chi connectivity index (χ4n) is 2.55. The molecule has 20 heavy (non-hydrogen) atoms. The number of nitrogens with one attached hydrogen (secondary N) is 1. The molecule has 0 aromatic carbocycles. The standard InChI is InChI=1S/C13H11ClN6/c1-3-8-10-11-7(5-15-13(10)18-17-8)12(14)16-9-4-6(2)19-20(9)11/h4-5H,3H2,1-2H3,(H,15,17,18). The Morgan fingerprint density at radius 2 is 2.25 bits per heavy atom. The molecule has 4 aromatic heterocycles. The quantitative estimate of drug-likeness (QED) is 0.546. The van der Waals surface area contributed by atoms with Gasteiger partial charge in [0.15, 0.2) is 11.3 Å². The van der Waals surface area contributed by atoms with Crippen LogP contribution in [0, 0.1) is 6.92 Å². The van der Waals surface area contributed by atoms with Crippen LogP contribution in [-0.2, 0) is 6.42 Å². The molecule has 7 heteroatoms. The van der Waals surface area contributed by atoms with E-state index in [9.17, 15) is 0 Å². The molecule has 0 fully saturated rings. The molecule has 0 aliphatic rings. The van der Waals surface area contributed by atoms with Gasteiger partial charge in [0.05, 0.1) is 27.7 Å². The van der Waals surface area contributed by atoms with Crippen LogP contribution in [0.3, 0.4) is 0 Å². The number of pyridine rings is 1. The zero-order valence-corrected chi connectivity index (χ0v) is 11.7. The van der Waals surface area contributed by atoms with E-state index in [1.165, 1.54) is 0 Å². The summed E-state index contributed by atoms with van der Waals surface area (Å²) in [7, 11) is 0. The third-order valence-corrected chi connectivity index (χ3v) is 3.72. The normalized spacial score (nSPS) is 11.9. The van der Waals surface area contributed by atoms with Crippen molar-refractivity contribution in [2.45, 2.75) is 20.3 Å². The van der Waals surface area contributed by atoms with Crippen LogP contribution in [0.5, 0.6) is 0 Å². The molecule has 4 rings (SSSR count). The van der Waals surface area contributed by atoms with Crippen molar-refractivity contribution >= 4 is 39.2 Å². The van der Waals surface area contributed by atoms with Crippen molar-refractivity contribution in [1.82, 2.24) is 29.8 Å². The first kappa shape index (κ1) is 11.6. The van der Waals surface area contributed by atoms with E-state index in [-0.39, 0.29) is 0 Å². The van der Waals surface area contributed by atoms with Gasteiger partial charge in [0.25, 0.3) is 0 Å². The molecule has 0 saturated heterocycles. The molecule has 0 unspecified atom stereocenters. The molecule has 0 amide bonds. The predicted molar refractivity (Wildman–Crippen MR) is 77.1 cm³/mol. The highest BCUT2D eigenvalue weighted by atomic mass is 35.5. The van der Waals surface area contributed by atoms with Crippen LogP contribution in [0.15, 0.2) is 12.3 Å². The Kier molecular flexibility index (Phi) is 2.26. The van der Waals surface area contributed by atoms with E-state index in [2.05, 4.69) is 32.2 Å². The van der Waals surface area contributed by atoms with Gasteiger partial charge in [0, 0.05) is 12.3 Å². The minimum absolute atomic E-state index is 0.435. The first-order valence-electron chi connectivity index (χ1n) is 6.36. The second-order valence-electron chi connectivity index (χ2n) is 4.73. The van der Waals surface area contributed by atoms with E-state index >= 15 is 0 Å². The number of hydrogen-bond donors (Lipinski definition) is 1. The van der Waals surface area contributed by atoms with Crippen molar-refractivity contribution in [1.29, 1.82) is 0 Å². The maximum Gasteiger partial charge on any atom is 0.157 e. The Balaban J connectivity index is 2.37. The number of hydrogen-bond acceptors (Lipinski definition) is 4. The van der Waals surface area contributed by atoms with E-state index in [0.29, 0.717) is 5.15 Å². The predicted octanol–water partition coefficient (Wildman–Crippen LogP) is 2.68. The Bertz CT molecular complexity index is 967. The smallest absolute Gasteiger partial charge is 0.157 e. The van der Waals surface area contributed by atoms with Crippen molar-refractivity contribution in [3.05, 3.63) is 28.8 Å². The third kappa shape index (κ3) is 1.39. The van der Waals surface area contributed by atoms with Crippen LogP contribution in [0.25, 0.3) is 27.6 Å². The van der Waals surface area contributed by atoms with E-state index in [1.807, 2.05) is 17.5 Å². The first-order chi connectivity index (χ1) is 9.69. The van der Waals surface area contributed by atoms with Gasteiger partial charge in [-0.15, -0.1) is 0 Å². The molecular formula is C13H11ClN6. The first-order valence-corrected chi connectivity index (χ1v) is 6.74. The average Bonchev–Trinajstić information content (AvgIpc) is 3.00. The summed E-state index contributed by atoms with van der Waals surface area (Å²) < 4.78 is 1.81. The number of halogens is 1. The molecule has 0 atom stereocenters. The van der Waals surface area contributed by atoms with E-state index in [0.717, 1.165) is 45.4 Å². The van der Waals surface area contributed by atoms with Crippen LogP contribution in [-0.4, -0.2) is 29.8 Å².